The quantitative estimate of drug-likeness (QED) is 0.236. The predicted molar refractivity (Wildman–Crippen MR) is 41.6 cm³/mol. The van der Waals surface area contributed by atoms with Crippen LogP contribution in [0.15, 0.2) is 23.3 Å². The summed E-state index contributed by atoms with van der Waals surface area (Å²) in [5.74, 6) is 4.54. The number of nitrogens with zero attached hydrogens (tertiary/aromatic N) is 1. The smallest absolute Gasteiger partial charge is 0.158 e. The summed E-state index contributed by atoms with van der Waals surface area (Å²) in [6, 6.07) is 4.32. The molecule has 0 saturated heterocycles. The van der Waals surface area contributed by atoms with E-state index in [9.17, 15) is 0 Å². The SMILES string of the molecule is N/N=C\c1ccc(O)c(O)c1. The van der Waals surface area contributed by atoms with Crippen LogP contribution in [0.2, 0.25) is 0 Å². The molecule has 58 valence electrons. The van der Waals surface area contributed by atoms with Gasteiger partial charge in [-0.2, -0.15) is 5.10 Å². The highest BCUT2D eigenvalue weighted by molar-refractivity contribution is 5.80. The second kappa shape index (κ2) is 2.92. The van der Waals surface area contributed by atoms with E-state index in [2.05, 4.69) is 5.10 Å². The van der Waals surface area contributed by atoms with Gasteiger partial charge in [-0.15, -0.1) is 0 Å². The van der Waals surface area contributed by atoms with E-state index < -0.39 is 0 Å². The number of phenolic OH excluding ortho intramolecular Hbond substituents is 2. The number of phenols is 2. The van der Waals surface area contributed by atoms with Gasteiger partial charge in [0.2, 0.25) is 0 Å². The largest absolute Gasteiger partial charge is 0.504 e. The molecule has 0 aromatic heterocycles. The van der Waals surface area contributed by atoms with Crippen LogP contribution >= 0.6 is 0 Å². The Labute approximate surface area is 63.6 Å². The fraction of sp³-hybridized carbons (Fsp3) is 0. The first-order chi connectivity index (χ1) is 5.24. The number of hydrogen-bond acceptors (Lipinski definition) is 4. The van der Waals surface area contributed by atoms with Gasteiger partial charge in [-0.3, -0.25) is 0 Å². The molecule has 1 rings (SSSR count). The van der Waals surface area contributed by atoms with E-state index in [1.807, 2.05) is 0 Å². The minimum Gasteiger partial charge on any atom is -0.504 e. The second-order valence-electron chi connectivity index (χ2n) is 2.03. The van der Waals surface area contributed by atoms with Gasteiger partial charge in [0, 0.05) is 0 Å². The van der Waals surface area contributed by atoms with Gasteiger partial charge < -0.3 is 16.1 Å². The Hall–Kier alpha value is -1.71. The van der Waals surface area contributed by atoms with E-state index in [4.69, 9.17) is 16.1 Å². The number of aromatic hydroxyl groups is 2. The predicted octanol–water partition coefficient (Wildman–Crippen LogP) is 0.390. The zero-order valence-corrected chi connectivity index (χ0v) is 5.73. The Bertz CT molecular complexity index is 284. The van der Waals surface area contributed by atoms with E-state index >= 15 is 0 Å². The third-order valence-electron chi connectivity index (χ3n) is 1.22. The zero-order valence-electron chi connectivity index (χ0n) is 5.73. The molecule has 0 saturated carbocycles. The number of benzene rings is 1. The monoisotopic (exact) mass is 152 g/mol. The molecular formula is C7H8N2O2. The third-order valence-corrected chi connectivity index (χ3v) is 1.22. The average Bonchev–Trinajstić information content (AvgIpc) is 1.98. The van der Waals surface area contributed by atoms with E-state index in [0.717, 1.165) is 0 Å². The van der Waals surface area contributed by atoms with Crippen molar-refractivity contribution in [1.29, 1.82) is 0 Å². The number of hydrogen-bond donors (Lipinski definition) is 3. The summed E-state index contributed by atoms with van der Waals surface area (Å²) in [4.78, 5) is 0. The normalized spacial score (nSPS) is 10.5. The molecule has 0 spiro atoms. The van der Waals surface area contributed by atoms with Crippen LogP contribution in [0, 0.1) is 0 Å². The summed E-state index contributed by atoms with van der Waals surface area (Å²) in [5, 5.41) is 21.1. The lowest BCUT2D eigenvalue weighted by atomic mass is 10.2. The third kappa shape index (κ3) is 1.61. The van der Waals surface area contributed by atoms with Gasteiger partial charge in [0.15, 0.2) is 11.5 Å². The molecule has 0 bridgehead atoms. The highest BCUT2D eigenvalue weighted by atomic mass is 16.3. The van der Waals surface area contributed by atoms with Crippen molar-refractivity contribution in [3.8, 4) is 11.5 Å². The molecule has 0 atom stereocenters. The lowest BCUT2D eigenvalue weighted by molar-refractivity contribution is 0.403. The fourth-order valence-corrected chi connectivity index (χ4v) is 0.707. The molecule has 11 heavy (non-hydrogen) atoms. The molecule has 0 aliphatic carbocycles. The molecule has 0 aliphatic heterocycles. The standard InChI is InChI=1S/C7H8N2O2/c8-9-4-5-1-2-6(10)7(11)3-5/h1-4,10-11H,8H2/b9-4-. The van der Waals surface area contributed by atoms with Crippen molar-refractivity contribution in [3.63, 3.8) is 0 Å². The molecule has 0 radical (unpaired) electrons. The Morgan fingerprint density at radius 3 is 2.55 bits per heavy atom. The van der Waals surface area contributed by atoms with Crippen molar-refractivity contribution in [2.75, 3.05) is 0 Å². The first-order valence-corrected chi connectivity index (χ1v) is 2.99. The Morgan fingerprint density at radius 1 is 1.27 bits per heavy atom. The lowest BCUT2D eigenvalue weighted by Gasteiger charge is -1.96. The van der Waals surface area contributed by atoms with E-state index in [1.54, 1.807) is 6.07 Å². The maximum atomic E-state index is 8.97. The molecule has 1 aromatic rings. The van der Waals surface area contributed by atoms with Crippen molar-refractivity contribution >= 4 is 6.21 Å². The molecule has 0 unspecified atom stereocenters. The van der Waals surface area contributed by atoms with Crippen molar-refractivity contribution in [2.24, 2.45) is 10.9 Å². The fourth-order valence-electron chi connectivity index (χ4n) is 0.707. The summed E-state index contributed by atoms with van der Waals surface area (Å²) in [6.07, 6.45) is 1.37. The first kappa shape index (κ1) is 7.40. The van der Waals surface area contributed by atoms with Crippen LogP contribution in [-0.2, 0) is 0 Å². The second-order valence-corrected chi connectivity index (χ2v) is 2.03. The van der Waals surface area contributed by atoms with Crippen LogP contribution in [-0.4, -0.2) is 16.4 Å². The van der Waals surface area contributed by atoms with Gasteiger partial charge in [-0.25, -0.2) is 0 Å². The molecule has 1 aromatic carbocycles. The summed E-state index contributed by atoms with van der Waals surface area (Å²) >= 11 is 0. The molecule has 0 aliphatic rings. The van der Waals surface area contributed by atoms with Crippen molar-refractivity contribution in [3.05, 3.63) is 23.8 Å². The highest BCUT2D eigenvalue weighted by Crippen LogP contribution is 2.23. The maximum Gasteiger partial charge on any atom is 0.158 e. The molecule has 4 nitrogen and oxygen atoms in total. The van der Waals surface area contributed by atoms with Gasteiger partial charge in [0.1, 0.15) is 0 Å². The number of hydrazone groups is 1. The van der Waals surface area contributed by atoms with Crippen LogP contribution in [0.25, 0.3) is 0 Å². The van der Waals surface area contributed by atoms with Gasteiger partial charge in [0.05, 0.1) is 6.21 Å². The molecule has 0 fully saturated rings. The molecule has 4 heteroatoms. The van der Waals surface area contributed by atoms with Crippen LogP contribution < -0.4 is 5.84 Å². The molecule has 0 heterocycles. The molecule has 0 amide bonds. The minimum atomic E-state index is -0.178. The Balaban J connectivity index is 3.05. The van der Waals surface area contributed by atoms with Crippen LogP contribution in [0.4, 0.5) is 0 Å². The Morgan fingerprint density at radius 2 is 2.00 bits per heavy atom. The first-order valence-electron chi connectivity index (χ1n) is 2.99. The van der Waals surface area contributed by atoms with Gasteiger partial charge in [0.25, 0.3) is 0 Å². The molecule has 4 N–H and O–H groups in total. The highest BCUT2D eigenvalue weighted by Gasteiger charge is 1.97. The Kier molecular flexibility index (Phi) is 1.96. The average molecular weight is 152 g/mol. The van der Waals surface area contributed by atoms with Crippen LogP contribution in [0.3, 0.4) is 0 Å². The van der Waals surface area contributed by atoms with Crippen LogP contribution in [0.5, 0.6) is 11.5 Å². The van der Waals surface area contributed by atoms with Gasteiger partial charge >= 0.3 is 0 Å². The summed E-state index contributed by atoms with van der Waals surface area (Å²) < 4.78 is 0. The summed E-state index contributed by atoms with van der Waals surface area (Å²) in [5.41, 5.74) is 0.641. The maximum absolute atomic E-state index is 8.97. The summed E-state index contributed by atoms with van der Waals surface area (Å²) in [6.45, 7) is 0. The van der Waals surface area contributed by atoms with Crippen molar-refractivity contribution in [1.82, 2.24) is 0 Å². The minimum absolute atomic E-state index is 0.154. The lowest BCUT2D eigenvalue weighted by Crippen LogP contribution is -1.85. The van der Waals surface area contributed by atoms with Gasteiger partial charge in [-0.05, 0) is 23.8 Å². The topological polar surface area (TPSA) is 78.8 Å². The van der Waals surface area contributed by atoms with Crippen molar-refractivity contribution in [2.45, 2.75) is 0 Å². The number of rotatable bonds is 1. The van der Waals surface area contributed by atoms with Gasteiger partial charge in [-0.1, -0.05) is 0 Å². The zero-order chi connectivity index (χ0) is 8.27. The van der Waals surface area contributed by atoms with E-state index in [1.165, 1.54) is 18.3 Å². The van der Waals surface area contributed by atoms with E-state index in [0.29, 0.717) is 5.56 Å². The van der Waals surface area contributed by atoms with E-state index in [-0.39, 0.29) is 11.5 Å². The van der Waals surface area contributed by atoms with Crippen LogP contribution in [0.1, 0.15) is 5.56 Å². The molecular weight excluding hydrogens is 144 g/mol. The summed E-state index contributed by atoms with van der Waals surface area (Å²) in [7, 11) is 0. The van der Waals surface area contributed by atoms with Crippen molar-refractivity contribution < 1.29 is 10.2 Å². The number of nitrogens with two attached hydrogens (primary N) is 1.